The van der Waals surface area contributed by atoms with Crippen LogP contribution in [0.3, 0.4) is 0 Å². The Morgan fingerprint density at radius 3 is 1.62 bits per heavy atom. The first-order valence-electron chi connectivity index (χ1n) is 9.36. The summed E-state index contributed by atoms with van der Waals surface area (Å²) in [6.45, 7) is 20.3. The summed E-state index contributed by atoms with van der Waals surface area (Å²) in [6.07, 6.45) is 1.93. The maximum absolute atomic E-state index is 6.38. The van der Waals surface area contributed by atoms with E-state index in [1.54, 1.807) is 6.07 Å². The molecule has 3 nitrogen and oxygen atoms in total. The van der Waals surface area contributed by atoms with Gasteiger partial charge in [0.05, 0.1) is 11.2 Å². The molecule has 0 spiro atoms. The third-order valence-corrected chi connectivity index (χ3v) is 9.08. The molecule has 0 N–H and O–H groups in total. The maximum atomic E-state index is 6.38. The van der Waals surface area contributed by atoms with Crippen LogP contribution >= 0.6 is 30.9 Å². The molecule has 26 heavy (non-hydrogen) atoms. The average molecular weight is 419 g/mol. The fourth-order valence-corrected chi connectivity index (χ4v) is 8.74. The average Bonchev–Trinajstić information content (AvgIpc) is 2.44. The molecule has 0 aliphatic rings. The Labute approximate surface area is 171 Å². The largest absolute Gasteiger partial charge is 0.273 e. The van der Waals surface area contributed by atoms with Crippen molar-refractivity contribution in [2.45, 2.75) is 79.6 Å². The molecule has 0 atom stereocenters. The zero-order valence-electron chi connectivity index (χ0n) is 17.7. The van der Waals surface area contributed by atoms with E-state index in [-0.39, 0.29) is 0 Å². The standard InChI is InChI=1S/C20H35Cl2N3P/c1-14(2)24(15(3)4)26(9,25(16(5)6)17(7)8)23-13-18-10-11-19(21)12-20(18)22/h10-17H,1-9H3/q+1/b23-13+. The minimum atomic E-state index is -1.97. The van der Waals surface area contributed by atoms with E-state index >= 15 is 0 Å². The van der Waals surface area contributed by atoms with Gasteiger partial charge in [-0.3, -0.25) is 0 Å². The molecule has 0 aliphatic carbocycles. The second-order valence-electron chi connectivity index (χ2n) is 7.91. The highest BCUT2D eigenvalue weighted by Gasteiger charge is 2.51. The van der Waals surface area contributed by atoms with E-state index in [0.29, 0.717) is 34.2 Å². The number of rotatable bonds is 8. The van der Waals surface area contributed by atoms with Crippen LogP contribution in [0.15, 0.2) is 23.0 Å². The normalized spacial score (nSPS) is 13.6. The van der Waals surface area contributed by atoms with Crippen LogP contribution < -0.4 is 0 Å². The van der Waals surface area contributed by atoms with Crippen LogP contribution in [-0.4, -0.2) is 46.4 Å². The molecule has 0 aliphatic heterocycles. The summed E-state index contributed by atoms with van der Waals surface area (Å²) in [5.41, 5.74) is 0.905. The van der Waals surface area contributed by atoms with E-state index in [1.807, 2.05) is 18.3 Å². The molecule has 1 aromatic rings. The zero-order chi connectivity index (χ0) is 20.2. The Morgan fingerprint density at radius 1 is 0.846 bits per heavy atom. The van der Waals surface area contributed by atoms with E-state index < -0.39 is 7.71 Å². The Morgan fingerprint density at radius 2 is 1.27 bits per heavy atom. The van der Waals surface area contributed by atoms with Crippen molar-refractivity contribution in [3.05, 3.63) is 33.8 Å². The summed E-state index contributed by atoms with van der Waals surface area (Å²) in [6, 6.07) is 7.14. The van der Waals surface area contributed by atoms with Crippen molar-refractivity contribution in [3.8, 4) is 0 Å². The van der Waals surface area contributed by atoms with E-state index in [4.69, 9.17) is 28.0 Å². The summed E-state index contributed by atoms with van der Waals surface area (Å²) in [5, 5.41) is 1.27. The van der Waals surface area contributed by atoms with Gasteiger partial charge in [-0.25, -0.2) is 0 Å². The van der Waals surface area contributed by atoms with Gasteiger partial charge in [-0.15, -0.1) is 9.34 Å². The zero-order valence-corrected chi connectivity index (χ0v) is 20.1. The molecule has 1 aromatic carbocycles. The number of hydrogen-bond donors (Lipinski definition) is 0. The third kappa shape index (κ3) is 5.66. The first-order valence-corrected chi connectivity index (χ1v) is 12.2. The van der Waals surface area contributed by atoms with Crippen LogP contribution in [0.2, 0.25) is 10.0 Å². The number of halogens is 2. The Kier molecular flexibility index (Phi) is 9.03. The lowest BCUT2D eigenvalue weighted by atomic mass is 10.2. The molecule has 1 rings (SSSR count). The van der Waals surface area contributed by atoms with E-state index in [1.165, 1.54) is 0 Å². The van der Waals surface area contributed by atoms with Crippen LogP contribution in [0.25, 0.3) is 0 Å². The molecule has 0 aromatic heterocycles. The summed E-state index contributed by atoms with van der Waals surface area (Å²) in [5.74, 6) is 0. The highest BCUT2D eigenvalue weighted by atomic mass is 35.5. The third-order valence-electron chi connectivity index (χ3n) is 4.37. The van der Waals surface area contributed by atoms with Crippen LogP contribution in [0, 0.1) is 0 Å². The van der Waals surface area contributed by atoms with Gasteiger partial charge in [-0.05, 0) is 67.5 Å². The minimum absolute atomic E-state index is 0.395. The molecule has 6 heteroatoms. The van der Waals surface area contributed by atoms with Gasteiger partial charge in [0.1, 0.15) is 6.66 Å². The predicted octanol–water partition coefficient (Wildman–Crippen LogP) is 7.04. The van der Waals surface area contributed by atoms with Gasteiger partial charge in [-0.1, -0.05) is 34.0 Å². The second-order valence-corrected chi connectivity index (χ2v) is 11.6. The molecule has 0 amide bonds. The van der Waals surface area contributed by atoms with Crippen molar-refractivity contribution in [1.29, 1.82) is 0 Å². The van der Waals surface area contributed by atoms with Gasteiger partial charge in [0.25, 0.3) is 7.71 Å². The van der Waals surface area contributed by atoms with Gasteiger partial charge < -0.3 is 0 Å². The van der Waals surface area contributed by atoms with Gasteiger partial charge in [0, 0.05) is 34.8 Å². The van der Waals surface area contributed by atoms with Crippen molar-refractivity contribution in [3.63, 3.8) is 0 Å². The molecule has 0 heterocycles. The Hall–Kier alpha value is -0.180. The summed E-state index contributed by atoms with van der Waals surface area (Å²) in [7, 11) is -1.97. The van der Waals surface area contributed by atoms with Crippen molar-refractivity contribution >= 4 is 37.1 Å². The molecule has 148 valence electrons. The van der Waals surface area contributed by atoms with E-state index in [2.05, 4.69) is 71.4 Å². The fraction of sp³-hybridized carbons (Fsp3) is 0.650. The quantitative estimate of drug-likeness (QED) is 0.332. The number of benzene rings is 1. The van der Waals surface area contributed by atoms with Crippen molar-refractivity contribution < 1.29 is 0 Å². The SMILES string of the molecule is CC(C)N(C(C)C)[P+](C)(/N=C/c1ccc(Cl)cc1Cl)N(C(C)C)C(C)C. The van der Waals surface area contributed by atoms with Crippen LogP contribution in [-0.2, 0) is 0 Å². The molecule has 0 saturated carbocycles. The lowest BCUT2D eigenvalue weighted by Crippen LogP contribution is -2.47. The topological polar surface area (TPSA) is 18.8 Å². The molecule has 0 radical (unpaired) electrons. The summed E-state index contributed by atoms with van der Waals surface area (Å²) < 4.78 is 10.3. The minimum Gasteiger partial charge on any atom is -0.138 e. The predicted molar refractivity (Wildman–Crippen MR) is 121 cm³/mol. The first kappa shape index (κ1) is 23.9. The summed E-state index contributed by atoms with van der Waals surface area (Å²) >= 11 is 12.4. The molecular weight excluding hydrogens is 384 g/mol. The molecule has 0 unspecified atom stereocenters. The van der Waals surface area contributed by atoms with Gasteiger partial charge in [0.15, 0.2) is 0 Å². The van der Waals surface area contributed by atoms with E-state index in [0.717, 1.165) is 5.56 Å². The smallest absolute Gasteiger partial charge is 0.138 e. The lowest BCUT2D eigenvalue weighted by molar-refractivity contribution is 0.246. The van der Waals surface area contributed by atoms with Crippen molar-refractivity contribution in [2.24, 2.45) is 4.76 Å². The number of nitrogens with zero attached hydrogens (tertiary/aromatic N) is 3. The highest BCUT2D eigenvalue weighted by molar-refractivity contribution is 7.69. The monoisotopic (exact) mass is 418 g/mol. The van der Waals surface area contributed by atoms with Crippen molar-refractivity contribution in [2.75, 3.05) is 6.66 Å². The lowest BCUT2D eigenvalue weighted by Gasteiger charge is -2.44. The summed E-state index contributed by atoms with van der Waals surface area (Å²) in [4.78, 5) is 0. The molecule has 0 saturated heterocycles. The van der Waals surface area contributed by atoms with Gasteiger partial charge in [-0.2, -0.15) is 0 Å². The van der Waals surface area contributed by atoms with E-state index in [9.17, 15) is 0 Å². The molecular formula is C20H35Cl2N3P+. The first-order chi connectivity index (χ1) is 11.9. The highest BCUT2D eigenvalue weighted by Crippen LogP contribution is 2.66. The van der Waals surface area contributed by atoms with Crippen LogP contribution in [0.5, 0.6) is 0 Å². The fourth-order valence-electron chi connectivity index (χ4n) is 3.96. The molecule has 0 fully saturated rings. The number of hydrogen-bond acceptors (Lipinski definition) is 3. The van der Waals surface area contributed by atoms with Gasteiger partial charge in [0.2, 0.25) is 0 Å². The Balaban J connectivity index is 3.50. The van der Waals surface area contributed by atoms with Crippen LogP contribution in [0.4, 0.5) is 0 Å². The van der Waals surface area contributed by atoms with Crippen LogP contribution in [0.1, 0.15) is 61.0 Å². The molecule has 0 bridgehead atoms. The van der Waals surface area contributed by atoms with Gasteiger partial charge >= 0.3 is 0 Å². The second kappa shape index (κ2) is 9.85. The maximum Gasteiger partial charge on any atom is 0.273 e. The Bertz CT molecular complexity index is 579. The van der Waals surface area contributed by atoms with Crippen molar-refractivity contribution in [1.82, 2.24) is 9.34 Å².